The minimum absolute atomic E-state index is 0.351. The number of hydrogen-bond donors (Lipinski definition) is 2. The van der Waals surface area contributed by atoms with E-state index in [0.717, 1.165) is 37.7 Å². The van der Waals surface area contributed by atoms with E-state index in [2.05, 4.69) is 55.8 Å². The largest absolute Gasteiger partial charge is 0.383 e. The van der Waals surface area contributed by atoms with Crippen LogP contribution in [0.5, 0.6) is 0 Å². The van der Waals surface area contributed by atoms with Crippen molar-refractivity contribution >= 4 is 29.1 Å². The van der Waals surface area contributed by atoms with Gasteiger partial charge in [-0.1, -0.05) is 18.2 Å². The van der Waals surface area contributed by atoms with Gasteiger partial charge in [0.2, 0.25) is 0 Å². The first-order valence-corrected chi connectivity index (χ1v) is 9.27. The second-order valence-corrected chi connectivity index (χ2v) is 7.17. The average Bonchev–Trinajstić information content (AvgIpc) is 2.63. The van der Waals surface area contributed by atoms with E-state index < -0.39 is 0 Å². The normalized spacial score (nSPS) is 20.5. The highest BCUT2D eigenvalue weighted by Gasteiger charge is 2.19. The average molecular weight is 327 g/mol. The van der Waals surface area contributed by atoms with Crippen LogP contribution in [0.3, 0.4) is 0 Å². The smallest absolute Gasteiger partial charge is 0.134 e. The fourth-order valence-corrected chi connectivity index (χ4v) is 4.05. The third-order valence-electron chi connectivity index (χ3n) is 4.36. The summed E-state index contributed by atoms with van der Waals surface area (Å²) in [5.41, 5.74) is 2.61. The van der Waals surface area contributed by atoms with Crippen molar-refractivity contribution in [2.24, 2.45) is 0 Å². The number of para-hydroxylation sites is 1. The number of nitrogens with one attached hydrogen (secondary N) is 2. The molecule has 4 rings (SSSR count). The lowest BCUT2D eigenvalue weighted by molar-refractivity contribution is 0.719. The van der Waals surface area contributed by atoms with Crippen LogP contribution in [0, 0.1) is 0 Å². The molecule has 23 heavy (non-hydrogen) atoms. The molecular formula is C17H21N5S. The van der Waals surface area contributed by atoms with E-state index >= 15 is 0 Å². The molecule has 0 bridgehead atoms. The van der Waals surface area contributed by atoms with E-state index in [1.165, 1.54) is 22.8 Å². The molecule has 2 aromatic rings. The van der Waals surface area contributed by atoms with E-state index in [1.54, 1.807) is 6.33 Å². The van der Waals surface area contributed by atoms with Crippen LogP contribution in [0.2, 0.25) is 0 Å². The lowest BCUT2D eigenvalue weighted by Gasteiger charge is -2.29. The molecule has 1 fully saturated rings. The quantitative estimate of drug-likeness (QED) is 0.903. The van der Waals surface area contributed by atoms with Crippen LogP contribution in [0.15, 0.2) is 36.7 Å². The summed E-state index contributed by atoms with van der Waals surface area (Å²) in [5, 5.41) is 7.05. The molecule has 0 spiro atoms. The molecule has 6 heteroatoms. The maximum atomic E-state index is 4.44. The summed E-state index contributed by atoms with van der Waals surface area (Å²) in [4.78, 5) is 11.2. The minimum Gasteiger partial charge on any atom is -0.383 e. The highest BCUT2D eigenvalue weighted by Crippen LogP contribution is 2.24. The van der Waals surface area contributed by atoms with Gasteiger partial charge in [-0.25, -0.2) is 9.97 Å². The molecule has 3 heterocycles. The van der Waals surface area contributed by atoms with Crippen molar-refractivity contribution in [2.75, 3.05) is 46.7 Å². The Kier molecular flexibility index (Phi) is 4.24. The molecule has 0 aliphatic carbocycles. The number of thioether (sulfide) groups is 1. The first kappa shape index (κ1) is 14.6. The van der Waals surface area contributed by atoms with Gasteiger partial charge < -0.3 is 15.5 Å². The zero-order valence-corrected chi connectivity index (χ0v) is 13.9. The molecule has 1 atom stereocenters. The third-order valence-corrected chi connectivity index (χ3v) is 5.30. The highest BCUT2D eigenvalue weighted by molar-refractivity contribution is 7.99. The van der Waals surface area contributed by atoms with E-state index in [9.17, 15) is 0 Å². The topological polar surface area (TPSA) is 53.1 Å². The Balaban J connectivity index is 1.45. The molecule has 0 amide bonds. The van der Waals surface area contributed by atoms with Crippen molar-refractivity contribution < 1.29 is 0 Å². The Morgan fingerprint density at radius 1 is 1.17 bits per heavy atom. The Hall–Kier alpha value is -1.95. The molecule has 2 aliphatic rings. The van der Waals surface area contributed by atoms with Crippen LogP contribution in [0.4, 0.5) is 17.3 Å². The van der Waals surface area contributed by atoms with Crippen LogP contribution >= 0.6 is 11.8 Å². The van der Waals surface area contributed by atoms with Crippen molar-refractivity contribution in [3.63, 3.8) is 0 Å². The van der Waals surface area contributed by atoms with Crippen molar-refractivity contribution in [3.05, 3.63) is 42.2 Å². The highest BCUT2D eigenvalue weighted by atomic mass is 32.2. The summed E-state index contributed by atoms with van der Waals surface area (Å²) in [6, 6.07) is 10.9. The lowest BCUT2D eigenvalue weighted by atomic mass is 10.00. The summed E-state index contributed by atoms with van der Waals surface area (Å²) in [6.45, 7) is 3.05. The standard InChI is InChI=1S/C17H21N5S/c1-2-4-15-13(3-1)9-14(11-18-15)21-16-10-17(20-12-19-16)22-5-7-23-8-6-22/h1-4,10,12,14,18H,5-9,11H2,(H,19,20,21). The van der Waals surface area contributed by atoms with Gasteiger partial charge in [-0.3, -0.25) is 0 Å². The summed E-state index contributed by atoms with van der Waals surface area (Å²) in [6.07, 6.45) is 2.69. The second-order valence-electron chi connectivity index (χ2n) is 5.94. The Bertz CT molecular complexity index is 672. The molecule has 0 saturated carbocycles. The number of aromatic nitrogens is 2. The fourth-order valence-electron chi connectivity index (χ4n) is 3.14. The summed E-state index contributed by atoms with van der Waals surface area (Å²) >= 11 is 2.01. The van der Waals surface area contributed by atoms with Gasteiger partial charge in [0.25, 0.3) is 0 Å². The number of benzene rings is 1. The van der Waals surface area contributed by atoms with Gasteiger partial charge in [-0.15, -0.1) is 0 Å². The SMILES string of the molecule is c1ccc2c(c1)CC(Nc1cc(N3CCSCC3)ncn1)CN2. The number of nitrogens with zero attached hydrogens (tertiary/aromatic N) is 3. The molecule has 5 nitrogen and oxygen atoms in total. The van der Waals surface area contributed by atoms with Gasteiger partial charge in [0.1, 0.15) is 18.0 Å². The summed E-state index contributed by atoms with van der Waals surface area (Å²) in [7, 11) is 0. The van der Waals surface area contributed by atoms with Gasteiger partial charge in [0.15, 0.2) is 0 Å². The van der Waals surface area contributed by atoms with Crippen LogP contribution in [-0.4, -0.2) is 47.1 Å². The van der Waals surface area contributed by atoms with E-state index in [0.29, 0.717) is 6.04 Å². The Labute approximate surface area is 140 Å². The van der Waals surface area contributed by atoms with Crippen LogP contribution < -0.4 is 15.5 Å². The van der Waals surface area contributed by atoms with Crippen molar-refractivity contribution in [1.82, 2.24) is 9.97 Å². The van der Waals surface area contributed by atoms with E-state index in [4.69, 9.17) is 0 Å². The summed E-state index contributed by atoms with van der Waals surface area (Å²) in [5.74, 6) is 4.30. The molecule has 1 unspecified atom stereocenters. The molecule has 1 aromatic heterocycles. The van der Waals surface area contributed by atoms with Gasteiger partial charge in [-0.05, 0) is 18.1 Å². The van der Waals surface area contributed by atoms with Gasteiger partial charge in [0.05, 0.1) is 0 Å². The maximum absolute atomic E-state index is 4.44. The van der Waals surface area contributed by atoms with Crippen molar-refractivity contribution in [1.29, 1.82) is 0 Å². The molecule has 1 aromatic carbocycles. The van der Waals surface area contributed by atoms with Gasteiger partial charge >= 0.3 is 0 Å². The first-order valence-electron chi connectivity index (χ1n) is 8.11. The maximum Gasteiger partial charge on any atom is 0.134 e. The minimum atomic E-state index is 0.351. The van der Waals surface area contributed by atoms with Crippen LogP contribution in [0.1, 0.15) is 5.56 Å². The monoisotopic (exact) mass is 327 g/mol. The predicted octanol–water partition coefficient (Wildman–Crippen LogP) is 2.48. The second kappa shape index (κ2) is 6.66. The predicted molar refractivity (Wildman–Crippen MR) is 97.6 cm³/mol. The molecular weight excluding hydrogens is 306 g/mol. The van der Waals surface area contributed by atoms with Crippen molar-refractivity contribution in [2.45, 2.75) is 12.5 Å². The number of fused-ring (bicyclic) bond motifs is 1. The van der Waals surface area contributed by atoms with Crippen molar-refractivity contribution in [3.8, 4) is 0 Å². The van der Waals surface area contributed by atoms with Gasteiger partial charge in [0, 0.05) is 48.9 Å². The van der Waals surface area contributed by atoms with Crippen LogP contribution in [0.25, 0.3) is 0 Å². The lowest BCUT2D eigenvalue weighted by Crippen LogP contribution is -2.35. The van der Waals surface area contributed by atoms with Crippen LogP contribution in [-0.2, 0) is 6.42 Å². The zero-order valence-electron chi connectivity index (χ0n) is 13.0. The third kappa shape index (κ3) is 3.37. The van der Waals surface area contributed by atoms with E-state index in [-0.39, 0.29) is 0 Å². The van der Waals surface area contributed by atoms with E-state index in [1.807, 2.05) is 11.8 Å². The molecule has 2 aliphatic heterocycles. The molecule has 1 saturated heterocycles. The van der Waals surface area contributed by atoms with Gasteiger partial charge in [-0.2, -0.15) is 11.8 Å². The molecule has 2 N–H and O–H groups in total. The summed E-state index contributed by atoms with van der Waals surface area (Å²) < 4.78 is 0. The molecule has 120 valence electrons. The number of hydrogen-bond acceptors (Lipinski definition) is 6. The number of rotatable bonds is 3. The Morgan fingerprint density at radius 2 is 2.04 bits per heavy atom. The fraction of sp³-hybridized carbons (Fsp3) is 0.412. The number of anilines is 3. The zero-order chi connectivity index (χ0) is 15.5. The first-order chi connectivity index (χ1) is 11.4. The Morgan fingerprint density at radius 3 is 2.96 bits per heavy atom. The molecule has 0 radical (unpaired) electrons.